The highest BCUT2D eigenvalue weighted by Crippen LogP contribution is 2.26. The molecule has 1 unspecified atom stereocenters. The molecule has 1 heterocycles. The van der Waals surface area contributed by atoms with Gasteiger partial charge in [0.1, 0.15) is 6.10 Å². The predicted octanol–water partition coefficient (Wildman–Crippen LogP) is 3.48. The maximum Gasteiger partial charge on any atom is 0.203 e. The van der Waals surface area contributed by atoms with Crippen LogP contribution in [0.2, 0.25) is 0 Å². The molecule has 1 aromatic heterocycles. The van der Waals surface area contributed by atoms with Gasteiger partial charge in [-0.15, -0.1) is 0 Å². The van der Waals surface area contributed by atoms with E-state index in [9.17, 15) is 0 Å². The van der Waals surface area contributed by atoms with Gasteiger partial charge in [-0.2, -0.15) is 4.37 Å². The summed E-state index contributed by atoms with van der Waals surface area (Å²) in [5.41, 5.74) is 1.04. The Labute approximate surface area is 118 Å². The van der Waals surface area contributed by atoms with Gasteiger partial charge in [-0.3, -0.25) is 0 Å². The molecule has 1 aromatic carbocycles. The molecule has 0 amide bonds. The fourth-order valence-corrected chi connectivity index (χ4v) is 2.53. The molecule has 0 saturated heterocycles. The Kier molecular flexibility index (Phi) is 4.17. The van der Waals surface area contributed by atoms with Crippen LogP contribution in [-0.4, -0.2) is 22.0 Å². The van der Waals surface area contributed by atoms with E-state index in [0.717, 1.165) is 10.7 Å². The number of nitrogens with one attached hydrogen (secondary N) is 1. The lowest BCUT2D eigenvalue weighted by Crippen LogP contribution is -2.25. The zero-order valence-electron chi connectivity index (χ0n) is 11.7. The molecule has 5 heteroatoms. The molecule has 0 aliphatic rings. The molecular weight excluding hydrogens is 258 g/mol. The molecule has 4 nitrogen and oxygen atoms in total. The predicted molar refractivity (Wildman–Crippen MR) is 78.6 cm³/mol. The summed E-state index contributed by atoms with van der Waals surface area (Å²) in [6.45, 7) is 6.29. The van der Waals surface area contributed by atoms with Crippen molar-refractivity contribution in [3.8, 4) is 0 Å². The van der Waals surface area contributed by atoms with Gasteiger partial charge in [0, 0.05) is 24.2 Å². The Morgan fingerprint density at radius 1 is 1.21 bits per heavy atom. The molecule has 0 aliphatic heterocycles. The Hall–Kier alpha value is -1.46. The molecule has 0 aliphatic carbocycles. The standard InChI is InChI=1S/C14H19N3OS/c1-14(2,3)16-13-15-12(17-19-13)11(18-4)10-8-6-5-7-9-10/h5-9,11H,1-4H3,(H,15,16,17). The van der Waals surface area contributed by atoms with Crippen molar-refractivity contribution in [1.29, 1.82) is 0 Å². The second-order valence-corrected chi connectivity index (χ2v) is 6.11. The highest BCUT2D eigenvalue weighted by Gasteiger charge is 2.20. The highest BCUT2D eigenvalue weighted by atomic mass is 32.1. The third-order valence-electron chi connectivity index (χ3n) is 2.50. The van der Waals surface area contributed by atoms with E-state index < -0.39 is 0 Å². The lowest BCUT2D eigenvalue weighted by atomic mass is 10.1. The molecule has 2 aromatic rings. The van der Waals surface area contributed by atoms with E-state index in [-0.39, 0.29) is 11.6 Å². The second-order valence-electron chi connectivity index (χ2n) is 5.36. The first kappa shape index (κ1) is 14.0. The minimum atomic E-state index is -0.215. The molecule has 0 bridgehead atoms. The van der Waals surface area contributed by atoms with Crippen molar-refractivity contribution in [2.24, 2.45) is 0 Å². The van der Waals surface area contributed by atoms with Gasteiger partial charge in [0.25, 0.3) is 0 Å². The quantitative estimate of drug-likeness (QED) is 0.929. The summed E-state index contributed by atoms with van der Waals surface area (Å²) >= 11 is 1.36. The monoisotopic (exact) mass is 277 g/mol. The van der Waals surface area contributed by atoms with Gasteiger partial charge in [0.05, 0.1) is 0 Å². The van der Waals surface area contributed by atoms with Crippen molar-refractivity contribution < 1.29 is 4.74 Å². The van der Waals surface area contributed by atoms with Crippen molar-refractivity contribution >= 4 is 16.7 Å². The van der Waals surface area contributed by atoms with Crippen LogP contribution in [0.1, 0.15) is 38.3 Å². The van der Waals surface area contributed by atoms with E-state index in [0.29, 0.717) is 5.82 Å². The first-order valence-electron chi connectivity index (χ1n) is 6.19. The van der Waals surface area contributed by atoms with Crippen LogP contribution >= 0.6 is 11.5 Å². The Morgan fingerprint density at radius 2 is 1.89 bits per heavy atom. The third-order valence-corrected chi connectivity index (χ3v) is 3.14. The molecule has 102 valence electrons. The van der Waals surface area contributed by atoms with E-state index in [4.69, 9.17) is 4.74 Å². The van der Waals surface area contributed by atoms with Crippen LogP contribution in [-0.2, 0) is 4.74 Å². The summed E-state index contributed by atoms with van der Waals surface area (Å²) in [6.07, 6.45) is -0.215. The normalized spacial score (nSPS) is 13.3. The summed E-state index contributed by atoms with van der Waals surface area (Å²) in [4.78, 5) is 4.51. The summed E-state index contributed by atoms with van der Waals surface area (Å²) in [6, 6.07) is 10.00. The average Bonchev–Trinajstić information content (AvgIpc) is 2.77. The highest BCUT2D eigenvalue weighted by molar-refractivity contribution is 7.09. The van der Waals surface area contributed by atoms with Crippen LogP contribution in [0, 0.1) is 0 Å². The number of anilines is 1. The largest absolute Gasteiger partial charge is 0.369 e. The SMILES string of the molecule is COC(c1ccccc1)c1nsc(NC(C)(C)C)n1. The Morgan fingerprint density at radius 3 is 2.47 bits per heavy atom. The molecule has 1 N–H and O–H groups in total. The molecular formula is C14H19N3OS. The molecule has 1 atom stereocenters. The van der Waals surface area contributed by atoms with Crippen molar-refractivity contribution in [3.63, 3.8) is 0 Å². The molecule has 0 fully saturated rings. The molecule has 0 saturated carbocycles. The number of aromatic nitrogens is 2. The average molecular weight is 277 g/mol. The van der Waals surface area contributed by atoms with E-state index in [1.165, 1.54) is 11.5 Å². The number of rotatable bonds is 4. The van der Waals surface area contributed by atoms with Crippen molar-refractivity contribution in [2.75, 3.05) is 12.4 Å². The minimum absolute atomic E-state index is 0.0217. The first-order chi connectivity index (χ1) is 8.99. The molecule has 0 radical (unpaired) electrons. The summed E-state index contributed by atoms with van der Waals surface area (Å²) in [5.74, 6) is 0.699. The Balaban J connectivity index is 2.21. The van der Waals surface area contributed by atoms with Crippen molar-refractivity contribution in [1.82, 2.24) is 9.36 Å². The van der Waals surface area contributed by atoms with Crippen molar-refractivity contribution in [2.45, 2.75) is 32.4 Å². The third kappa shape index (κ3) is 3.75. The summed E-state index contributed by atoms with van der Waals surface area (Å²) < 4.78 is 9.91. The number of hydrogen-bond acceptors (Lipinski definition) is 5. The van der Waals surface area contributed by atoms with Gasteiger partial charge in [-0.1, -0.05) is 30.3 Å². The van der Waals surface area contributed by atoms with Gasteiger partial charge in [-0.05, 0) is 26.3 Å². The summed E-state index contributed by atoms with van der Waals surface area (Å²) in [7, 11) is 1.68. The molecule has 2 rings (SSSR count). The lowest BCUT2D eigenvalue weighted by molar-refractivity contribution is 0.130. The number of methoxy groups -OCH3 is 1. The number of ether oxygens (including phenoxy) is 1. The van der Waals surface area contributed by atoms with Crippen LogP contribution < -0.4 is 5.32 Å². The van der Waals surface area contributed by atoms with Gasteiger partial charge in [0.15, 0.2) is 5.82 Å². The number of nitrogens with zero attached hydrogens (tertiary/aromatic N) is 2. The number of benzene rings is 1. The van der Waals surface area contributed by atoms with E-state index >= 15 is 0 Å². The zero-order valence-corrected chi connectivity index (χ0v) is 12.5. The van der Waals surface area contributed by atoms with Crippen LogP contribution in [0.15, 0.2) is 30.3 Å². The molecule has 19 heavy (non-hydrogen) atoms. The fourth-order valence-electron chi connectivity index (χ4n) is 1.73. The van der Waals surface area contributed by atoms with Gasteiger partial charge in [-0.25, -0.2) is 4.98 Å². The topological polar surface area (TPSA) is 47.0 Å². The van der Waals surface area contributed by atoms with E-state index in [1.54, 1.807) is 7.11 Å². The van der Waals surface area contributed by atoms with Crippen LogP contribution in [0.4, 0.5) is 5.13 Å². The van der Waals surface area contributed by atoms with Crippen molar-refractivity contribution in [3.05, 3.63) is 41.7 Å². The first-order valence-corrected chi connectivity index (χ1v) is 6.96. The summed E-state index contributed by atoms with van der Waals surface area (Å²) in [5, 5.41) is 4.14. The fraction of sp³-hybridized carbons (Fsp3) is 0.429. The lowest BCUT2D eigenvalue weighted by Gasteiger charge is -2.19. The van der Waals surface area contributed by atoms with E-state index in [1.807, 2.05) is 30.3 Å². The minimum Gasteiger partial charge on any atom is -0.369 e. The van der Waals surface area contributed by atoms with Gasteiger partial charge >= 0.3 is 0 Å². The maximum absolute atomic E-state index is 5.52. The molecule has 0 spiro atoms. The number of hydrogen-bond donors (Lipinski definition) is 1. The van der Waals surface area contributed by atoms with Gasteiger partial charge in [0.2, 0.25) is 5.13 Å². The second kappa shape index (κ2) is 5.67. The van der Waals surface area contributed by atoms with E-state index in [2.05, 4.69) is 35.4 Å². The van der Waals surface area contributed by atoms with Crippen LogP contribution in [0.25, 0.3) is 0 Å². The van der Waals surface area contributed by atoms with Crippen LogP contribution in [0.3, 0.4) is 0 Å². The smallest absolute Gasteiger partial charge is 0.203 e. The Bertz CT molecular complexity index is 519. The zero-order chi connectivity index (χ0) is 13.9. The maximum atomic E-state index is 5.52. The van der Waals surface area contributed by atoms with Crippen LogP contribution in [0.5, 0.6) is 0 Å². The van der Waals surface area contributed by atoms with Gasteiger partial charge < -0.3 is 10.1 Å².